The van der Waals surface area contributed by atoms with Crippen molar-refractivity contribution in [2.75, 3.05) is 20.0 Å². The van der Waals surface area contributed by atoms with Crippen LogP contribution in [-0.2, 0) is 4.57 Å². The average molecular weight is 355 g/mol. The predicted molar refractivity (Wildman–Crippen MR) is 87.9 cm³/mol. The molecule has 0 amide bonds. The number of nitrogens with two attached hydrogens (primary N) is 1. The smallest absolute Gasteiger partial charge is 0.491 e. The van der Waals surface area contributed by atoms with Gasteiger partial charge in [0.15, 0.2) is 17.2 Å². The monoisotopic (exact) mass is 355 g/mol. The molecule has 0 aromatic heterocycles. The third kappa shape index (κ3) is 3.73. The lowest BCUT2D eigenvalue weighted by molar-refractivity contribution is 0.280. The van der Waals surface area contributed by atoms with Crippen LogP contribution in [0.4, 0.5) is 5.69 Å². The Balaban J connectivity index is 2.67. The average Bonchev–Trinajstić information content (AvgIpc) is 2.54. The van der Waals surface area contributed by atoms with Crippen molar-refractivity contribution in [1.29, 1.82) is 0 Å². The predicted octanol–water partition coefficient (Wildman–Crippen LogP) is 2.86. The van der Waals surface area contributed by atoms with Gasteiger partial charge in [-0.25, -0.2) is 4.57 Å². The van der Waals surface area contributed by atoms with Gasteiger partial charge >= 0.3 is 7.82 Å². The van der Waals surface area contributed by atoms with E-state index in [0.717, 1.165) is 0 Å². The Hall–Kier alpha value is -2.41. The number of hydrogen-bond acceptors (Lipinski definition) is 6. The van der Waals surface area contributed by atoms with Gasteiger partial charge in [-0.1, -0.05) is 18.2 Å². The molecule has 0 heterocycles. The van der Waals surface area contributed by atoms with E-state index < -0.39 is 7.82 Å². The van der Waals surface area contributed by atoms with Crippen molar-refractivity contribution in [3.05, 3.63) is 35.9 Å². The molecular formula is C15H18NO7P. The van der Waals surface area contributed by atoms with Crippen LogP contribution in [0.3, 0.4) is 0 Å². The number of anilines is 1. The van der Waals surface area contributed by atoms with E-state index in [9.17, 15) is 4.57 Å². The molecule has 0 atom stereocenters. The molecule has 9 heteroatoms. The van der Waals surface area contributed by atoms with Gasteiger partial charge in [0.05, 0.1) is 14.2 Å². The van der Waals surface area contributed by atoms with E-state index in [1.54, 1.807) is 31.2 Å². The number of phosphoric ester groups is 1. The molecule has 0 saturated carbocycles. The first-order valence-electron chi connectivity index (χ1n) is 6.80. The Kier molecular flexibility index (Phi) is 5.23. The van der Waals surface area contributed by atoms with Gasteiger partial charge < -0.3 is 24.5 Å². The fourth-order valence-electron chi connectivity index (χ4n) is 2.16. The Labute approximate surface area is 139 Å². The molecule has 2 aromatic carbocycles. The molecule has 0 radical (unpaired) electrons. The van der Waals surface area contributed by atoms with Crippen LogP contribution < -0.4 is 24.5 Å². The van der Waals surface area contributed by atoms with E-state index in [0.29, 0.717) is 5.75 Å². The van der Waals surface area contributed by atoms with Crippen molar-refractivity contribution >= 4 is 13.5 Å². The molecule has 130 valence electrons. The topological polar surface area (TPSA) is 120 Å². The molecule has 0 aliphatic rings. The number of hydrogen-bond donors (Lipinski definition) is 3. The molecule has 2 rings (SSSR count). The van der Waals surface area contributed by atoms with Crippen LogP contribution in [-0.4, -0.2) is 24.0 Å². The lowest BCUT2D eigenvalue weighted by Crippen LogP contribution is -2.05. The number of nitrogen functional groups attached to an aromatic ring is 1. The van der Waals surface area contributed by atoms with Gasteiger partial charge in [-0.05, 0) is 19.1 Å². The quantitative estimate of drug-likeness (QED) is 0.534. The van der Waals surface area contributed by atoms with Gasteiger partial charge in [0, 0.05) is 5.56 Å². The zero-order chi connectivity index (χ0) is 17.9. The molecule has 0 saturated heterocycles. The number of rotatable bonds is 6. The lowest BCUT2D eigenvalue weighted by Gasteiger charge is -2.21. The SMILES string of the molecule is COc1c(N)c(OP(=O)(O)O)c(C)c(Oc2ccccc2)c1OC. The minimum Gasteiger partial charge on any atom is -0.491 e. The first-order valence-corrected chi connectivity index (χ1v) is 8.33. The van der Waals surface area contributed by atoms with Crippen molar-refractivity contribution in [2.45, 2.75) is 6.92 Å². The van der Waals surface area contributed by atoms with E-state index in [-0.39, 0.29) is 34.2 Å². The van der Waals surface area contributed by atoms with Gasteiger partial charge in [0.25, 0.3) is 0 Å². The van der Waals surface area contributed by atoms with Crippen molar-refractivity contribution in [3.63, 3.8) is 0 Å². The van der Waals surface area contributed by atoms with Crippen molar-refractivity contribution in [2.24, 2.45) is 0 Å². The molecule has 0 aliphatic heterocycles. The number of para-hydroxylation sites is 1. The van der Waals surface area contributed by atoms with E-state index in [2.05, 4.69) is 0 Å². The van der Waals surface area contributed by atoms with Crippen LogP contribution in [0.5, 0.6) is 28.7 Å². The molecule has 24 heavy (non-hydrogen) atoms. The Bertz CT molecular complexity index is 773. The maximum absolute atomic E-state index is 11.2. The van der Waals surface area contributed by atoms with Gasteiger partial charge in [0.1, 0.15) is 11.4 Å². The van der Waals surface area contributed by atoms with Crippen LogP contribution in [0.2, 0.25) is 0 Å². The van der Waals surface area contributed by atoms with Gasteiger partial charge in [-0.15, -0.1) is 0 Å². The Morgan fingerprint density at radius 2 is 1.54 bits per heavy atom. The largest absolute Gasteiger partial charge is 0.524 e. The fourth-order valence-corrected chi connectivity index (χ4v) is 2.63. The molecular weight excluding hydrogens is 337 g/mol. The van der Waals surface area contributed by atoms with E-state index in [4.69, 9.17) is 34.3 Å². The summed E-state index contributed by atoms with van der Waals surface area (Å²) in [7, 11) is -2.08. The van der Waals surface area contributed by atoms with Crippen LogP contribution in [0.1, 0.15) is 5.56 Å². The van der Waals surface area contributed by atoms with Crippen LogP contribution >= 0.6 is 7.82 Å². The molecule has 0 unspecified atom stereocenters. The summed E-state index contributed by atoms with van der Waals surface area (Å²) in [6.45, 7) is 1.54. The Morgan fingerprint density at radius 1 is 0.958 bits per heavy atom. The summed E-state index contributed by atoms with van der Waals surface area (Å²) in [5.41, 5.74) is 6.07. The van der Waals surface area contributed by atoms with Crippen LogP contribution in [0.25, 0.3) is 0 Å². The summed E-state index contributed by atoms with van der Waals surface area (Å²) >= 11 is 0. The lowest BCUT2D eigenvalue weighted by atomic mass is 10.1. The summed E-state index contributed by atoms with van der Waals surface area (Å²) in [6.07, 6.45) is 0. The summed E-state index contributed by atoms with van der Waals surface area (Å²) in [5, 5.41) is 0. The fraction of sp³-hybridized carbons (Fsp3) is 0.200. The number of benzene rings is 2. The second-order valence-electron chi connectivity index (χ2n) is 4.76. The van der Waals surface area contributed by atoms with E-state index in [1.807, 2.05) is 6.07 Å². The highest BCUT2D eigenvalue weighted by molar-refractivity contribution is 7.46. The number of phosphoric acid groups is 1. The highest BCUT2D eigenvalue weighted by Crippen LogP contribution is 2.54. The second-order valence-corrected chi connectivity index (χ2v) is 5.92. The maximum atomic E-state index is 11.2. The maximum Gasteiger partial charge on any atom is 0.524 e. The van der Waals surface area contributed by atoms with Crippen molar-refractivity contribution in [3.8, 4) is 28.7 Å². The summed E-state index contributed by atoms with van der Waals surface area (Å²) in [5.74, 6) is 0.685. The zero-order valence-corrected chi connectivity index (χ0v) is 14.2. The van der Waals surface area contributed by atoms with Gasteiger partial charge in [-0.2, -0.15) is 0 Å². The summed E-state index contributed by atoms with van der Waals surface area (Å²) in [4.78, 5) is 18.2. The van der Waals surface area contributed by atoms with E-state index in [1.165, 1.54) is 14.2 Å². The van der Waals surface area contributed by atoms with Gasteiger partial charge in [0.2, 0.25) is 5.75 Å². The minimum atomic E-state index is -4.83. The van der Waals surface area contributed by atoms with Crippen LogP contribution in [0, 0.1) is 6.92 Å². The summed E-state index contributed by atoms with van der Waals surface area (Å²) < 4.78 is 32.2. The highest BCUT2D eigenvalue weighted by atomic mass is 31.2. The molecule has 0 aliphatic carbocycles. The van der Waals surface area contributed by atoms with Crippen LogP contribution in [0.15, 0.2) is 30.3 Å². The molecule has 2 aromatic rings. The van der Waals surface area contributed by atoms with Crippen molar-refractivity contribution < 1.29 is 33.1 Å². The Morgan fingerprint density at radius 3 is 2.04 bits per heavy atom. The molecule has 4 N–H and O–H groups in total. The molecule has 0 spiro atoms. The first kappa shape index (κ1) is 17.9. The minimum absolute atomic E-state index is 0.0532. The summed E-state index contributed by atoms with van der Waals surface area (Å²) in [6, 6.07) is 8.80. The van der Waals surface area contributed by atoms with Gasteiger partial charge in [-0.3, -0.25) is 9.79 Å². The van der Waals surface area contributed by atoms with E-state index >= 15 is 0 Å². The second kappa shape index (κ2) is 7.00. The molecule has 0 bridgehead atoms. The van der Waals surface area contributed by atoms with Crippen molar-refractivity contribution in [1.82, 2.24) is 0 Å². The third-order valence-electron chi connectivity index (χ3n) is 3.16. The standard InChI is InChI=1S/C15H18NO7P/c1-9-12(23-24(17,18)19)11(16)14(20-2)15(21-3)13(9)22-10-7-5-4-6-8-10/h4-8H,16H2,1-3H3,(H2,17,18,19). The molecule has 0 fully saturated rings. The first-order chi connectivity index (χ1) is 11.3. The normalized spacial score (nSPS) is 11.0. The zero-order valence-electron chi connectivity index (χ0n) is 13.3. The molecule has 8 nitrogen and oxygen atoms in total. The highest BCUT2D eigenvalue weighted by Gasteiger charge is 2.29. The number of ether oxygens (including phenoxy) is 3. The third-order valence-corrected chi connectivity index (χ3v) is 3.58. The number of methoxy groups -OCH3 is 2.